The van der Waals surface area contributed by atoms with Crippen molar-refractivity contribution in [2.24, 2.45) is 5.92 Å². The van der Waals surface area contributed by atoms with E-state index in [0.717, 1.165) is 35.0 Å². The maximum Gasteiger partial charge on any atom is 0.260 e. The second kappa shape index (κ2) is 7.95. The van der Waals surface area contributed by atoms with E-state index in [0.29, 0.717) is 29.8 Å². The molecule has 0 unspecified atom stereocenters. The monoisotopic (exact) mass is 398 g/mol. The van der Waals surface area contributed by atoms with Crippen molar-refractivity contribution in [1.29, 1.82) is 0 Å². The van der Waals surface area contributed by atoms with Gasteiger partial charge < -0.3 is 14.5 Å². The van der Waals surface area contributed by atoms with Gasteiger partial charge in [0.1, 0.15) is 10.7 Å². The molecule has 2 aromatic heterocycles. The molecule has 0 saturated heterocycles. The molecule has 0 aliphatic heterocycles. The Morgan fingerprint density at radius 1 is 1.18 bits per heavy atom. The fourth-order valence-corrected chi connectivity index (χ4v) is 4.93. The molecule has 0 atom stereocenters. The summed E-state index contributed by atoms with van der Waals surface area (Å²) in [6.07, 6.45) is 5.61. The number of ether oxygens (including phenoxy) is 2. The van der Waals surface area contributed by atoms with Crippen LogP contribution in [0.3, 0.4) is 0 Å². The van der Waals surface area contributed by atoms with Crippen LogP contribution in [0.4, 0.5) is 0 Å². The van der Waals surface area contributed by atoms with Gasteiger partial charge >= 0.3 is 0 Å². The summed E-state index contributed by atoms with van der Waals surface area (Å²) in [5.74, 6) is 2.34. The number of aromatic nitrogens is 2. The van der Waals surface area contributed by atoms with Gasteiger partial charge in [0, 0.05) is 10.4 Å². The van der Waals surface area contributed by atoms with Gasteiger partial charge in [-0.3, -0.25) is 4.79 Å². The Morgan fingerprint density at radius 2 is 2.00 bits per heavy atom. The van der Waals surface area contributed by atoms with E-state index < -0.39 is 0 Å². The van der Waals surface area contributed by atoms with Crippen LogP contribution < -0.4 is 15.0 Å². The van der Waals surface area contributed by atoms with Crippen LogP contribution in [0.5, 0.6) is 11.5 Å². The van der Waals surface area contributed by atoms with Crippen molar-refractivity contribution in [2.75, 3.05) is 13.7 Å². The van der Waals surface area contributed by atoms with Crippen molar-refractivity contribution in [1.82, 2.24) is 9.97 Å². The summed E-state index contributed by atoms with van der Waals surface area (Å²) in [4.78, 5) is 22.8. The molecule has 28 heavy (non-hydrogen) atoms. The molecule has 148 valence electrons. The summed E-state index contributed by atoms with van der Waals surface area (Å²) in [5, 5.41) is 0.787. The highest BCUT2D eigenvalue weighted by molar-refractivity contribution is 7.18. The average molecular weight is 399 g/mol. The van der Waals surface area contributed by atoms with E-state index in [1.54, 1.807) is 18.4 Å². The molecule has 0 saturated carbocycles. The minimum absolute atomic E-state index is 0.0431. The minimum atomic E-state index is -0.0431. The highest BCUT2D eigenvalue weighted by atomic mass is 32.1. The second-order valence-electron chi connectivity index (χ2n) is 7.73. The van der Waals surface area contributed by atoms with Gasteiger partial charge in [0.15, 0.2) is 11.5 Å². The van der Waals surface area contributed by atoms with Gasteiger partial charge in [0.25, 0.3) is 5.56 Å². The van der Waals surface area contributed by atoms with E-state index in [2.05, 4.69) is 18.8 Å². The van der Waals surface area contributed by atoms with E-state index in [1.165, 1.54) is 23.3 Å². The molecule has 4 rings (SSSR count). The van der Waals surface area contributed by atoms with Crippen molar-refractivity contribution < 1.29 is 9.47 Å². The van der Waals surface area contributed by atoms with Gasteiger partial charge in [0.05, 0.1) is 19.1 Å². The van der Waals surface area contributed by atoms with Crippen molar-refractivity contribution in [3.63, 3.8) is 0 Å². The van der Waals surface area contributed by atoms with Gasteiger partial charge in [-0.15, -0.1) is 11.3 Å². The molecule has 1 aromatic carbocycles. The van der Waals surface area contributed by atoms with Gasteiger partial charge in [-0.1, -0.05) is 20.3 Å². The first-order chi connectivity index (χ1) is 13.6. The molecule has 3 aromatic rings. The van der Waals surface area contributed by atoms with Crippen molar-refractivity contribution >= 4 is 21.6 Å². The molecule has 1 N–H and O–H groups in total. The lowest BCUT2D eigenvalue weighted by molar-refractivity contribution is 0.257. The van der Waals surface area contributed by atoms with E-state index in [9.17, 15) is 4.79 Å². The van der Waals surface area contributed by atoms with Crippen LogP contribution in [0, 0.1) is 5.92 Å². The Morgan fingerprint density at radius 3 is 2.79 bits per heavy atom. The average Bonchev–Trinajstić information content (AvgIpc) is 2.88. The molecular weight excluding hydrogens is 372 g/mol. The molecule has 0 bridgehead atoms. The van der Waals surface area contributed by atoms with Crippen LogP contribution in [0.1, 0.15) is 43.6 Å². The number of thiophene rings is 1. The van der Waals surface area contributed by atoms with Gasteiger partial charge in [-0.2, -0.15) is 0 Å². The Bertz CT molecular complexity index is 1050. The third-order valence-corrected chi connectivity index (χ3v) is 6.27. The van der Waals surface area contributed by atoms with Crippen molar-refractivity contribution in [3.8, 4) is 22.9 Å². The molecule has 0 radical (unpaired) electrons. The van der Waals surface area contributed by atoms with Crippen LogP contribution >= 0.6 is 11.3 Å². The maximum absolute atomic E-state index is 12.9. The van der Waals surface area contributed by atoms with E-state index in [4.69, 9.17) is 14.5 Å². The highest BCUT2D eigenvalue weighted by Crippen LogP contribution is 2.35. The van der Waals surface area contributed by atoms with Crippen LogP contribution in [0.15, 0.2) is 23.0 Å². The minimum Gasteiger partial charge on any atom is -0.493 e. The van der Waals surface area contributed by atoms with Gasteiger partial charge in [-0.05, 0) is 55.4 Å². The SMILES string of the molecule is COc1cc(-c2nc3sc4c(c3c(=O)[nH]2)CCCCC4)ccc1OCC(C)C. The summed E-state index contributed by atoms with van der Waals surface area (Å²) in [6, 6.07) is 5.67. The predicted octanol–water partition coefficient (Wildman–Crippen LogP) is 4.96. The smallest absolute Gasteiger partial charge is 0.260 e. The summed E-state index contributed by atoms with van der Waals surface area (Å²) in [6.45, 7) is 4.83. The number of rotatable bonds is 5. The fraction of sp³-hybridized carbons (Fsp3) is 0.455. The van der Waals surface area contributed by atoms with E-state index in [1.807, 2.05) is 18.2 Å². The summed E-state index contributed by atoms with van der Waals surface area (Å²) < 4.78 is 11.3. The Kier molecular flexibility index (Phi) is 5.40. The molecule has 1 aliphatic carbocycles. The molecule has 0 amide bonds. The first-order valence-electron chi connectivity index (χ1n) is 9.92. The second-order valence-corrected chi connectivity index (χ2v) is 8.81. The standard InChI is InChI=1S/C22H26N2O3S/c1-13(2)12-27-16-10-9-14(11-17(16)26-3)20-23-21(25)19-15-7-5-4-6-8-18(15)28-22(19)24-20/h9-11,13H,4-8,12H2,1-3H3,(H,23,24,25). The molecule has 1 aliphatic rings. The molecular formula is C22H26N2O3S. The molecule has 2 heterocycles. The predicted molar refractivity (Wildman–Crippen MR) is 114 cm³/mol. The third-order valence-electron chi connectivity index (χ3n) is 5.08. The Balaban J connectivity index is 1.74. The zero-order valence-corrected chi connectivity index (χ0v) is 17.4. The zero-order chi connectivity index (χ0) is 19.7. The van der Waals surface area contributed by atoms with Gasteiger partial charge in [-0.25, -0.2) is 4.98 Å². The summed E-state index contributed by atoms with van der Waals surface area (Å²) in [7, 11) is 1.62. The maximum atomic E-state index is 12.9. The van der Waals surface area contributed by atoms with Crippen LogP contribution in [0.2, 0.25) is 0 Å². The summed E-state index contributed by atoms with van der Waals surface area (Å²) in [5.41, 5.74) is 1.99. The molecule has 6 heteroatoms. The van der Waals surface area contributed by atoms with Crippen molar-refractivity contribution in [3.05, 3.63) is 39.0 Å². The number of nitrogens with zero attached hydrogens (tertiary/aromatic N) is 1. The third kappa shape index (κ3) is 3.65. The largest absolute Gasteiger partial charge is 0.493 e. The first kappa shape index (κ1) is 19.0. The van der Waals surface area contributed by atoms with E-state index >= 15 is 0 Å². The lowest BCUT2D eigenvalue weighted by atomic mass is 10.1. The number of aromatic amines is 1. The first-order valence-corrected chi connectivity index (χ1v) is 10.7. The number of methoxy groups -OCH3 is 1. The molecule has 0 spiro atoms. The fourth-order valence-electron chi connectivity index (χ4n) is 3.67. The number of aryl methyl sites for hydroxylation is 2. The van der Waals surface area contributed by atoms with E-state index in [-0.39, 0.29) is 5.56 Å². The topological polar surface area (TPSA) is 64.2 Å². The quantitative estimate of drug-likeness (QED) is 0.617. The van der Waals surface area contributed by atoms with Crippen LogP contribution in [0.25, 0.3) is 21.6 Å². The van der Waals surface area contributed by atoms with Crippen LogP contribution in [-0.4, -0.2) is 23.7 Å². The number of benzene rings is 1. The number of hydrogen-bond donors (Lipinski definition) is 1. The Hall–Kier alpha value is -2.34. The number of H-pyrrole nitrogens is 1. The lowest BCUT2D eigenvalue weighted by Crippen LogP contribution is -2.10. The van der Waals surface area contributed by atoms with Gasteiger partial charge in [0.2, 0.25) is 0 Å². The summed E-state index contributed by atoms with van der Waals surface area (Å²) >= 11 is 1.67. The van der Waals surface area contributed by atoms with Crippen molar-refractivity contribution in [2.45, 2.75) is 46.0 Å². The lowest BCUT2D eigenvalue weighted by Gasteiger charge is -2.13. The molecule has 0 fully saturated rings. The number of nitrogens with one attached hydrogen (secondary N) is 1. The molecule has 5 nitrogen and oxygen atoms in total. The number of hydrogen-bond acceptors (Lipinski definition) is 5. The highest BCUT2D eigenvalue weighted by Gasteiger charge is 2.19. The normalized spacial score (nSPS) is 14.1. The number of fused-ring (bicyclic) bond motifs is 3. The zero-order valence-electron chi connectivity index (χ0n) is 16.6. The van der Waals surface area contributed by atoms with Crippen LogP contribution in [-0.2, 0) is 12.8 Å². The Labute approximate surface area is 168 Å².